The van der Waals surface area contributed by atoms with Crippen LogP contribution < -0.4 is 4.90 Å². The van der Waals surface area contributed by atoms with Gasteiger partial charge in [0, 0.05) is 12.6 Å². The number of hydrogen-bond acceptors (Lipinski definition) is 4. The number of rotatable bonds is 2. The van der Waals surface area contributed by atoms with Crippen LogP contribution in [0.4, 0.5) is 10.5 Å². The van der Waals surface area contributed by atoms with E-state index in [-0.39, 0.29) is 6.09 Å². The fraction of sp³-hybridized carbons (Fsp3) is 0.412. The molecule has 1 aliphatic rings. The lowest BCUT2D eigenvalue weighted by atomic mass is 10.1. The monoisotopic (exact) mass is 303 g/mol. The van der Waals surface area contributed by atoms with E-state index in [2.05, 4.69) is 4.74 Å². The molecule has 0 radical (unpaired) electrons. The van der Waals surface area contributed by atoms with Crippen LogP contribution in [0.5, 0.6) is 0 Å². The van der Waals surface area contributed by atoms with Crippen molar-refractivity contribution < 1.29 is 19.1 Å². The number of hydrogen-bond donors (Lipinski definition) is 0. The van der Waals surface area contributed by atoms with Gasteiger partial charge in [-0.15, -0.1) is 0 Å². The summed E-state index contributed by atoms with van der Waals surface area (Å²) in [5.41, 5.74) is 2.32. The van der Waals surface area contributed by atoms with Gasteiger partial charge in [-0.3, -0.25) is 4.90 Å². The predicted molar refractivity (Wildman–Crippen MR) is 84.8 cm³/mol. The number of ether oxygens (including phenoxy) is 2. The Labute approximate surface area is 130 Å². The molecule has 2 rings (SSSR count). The summed E-state index contributed by atoms with van der Waals surface area (Å²) in [6.07, 6.45) is 3.52. The largest absolute Gasteiger partial charge is 0.466 e. The Bertz CT molecular complexity index is 614. The second-order valence-corrected chi connectivity index (χ2v) is 6.13. The van der Waals surface area contributed by atoms with Gasteiger partial charge in [-0.2, -0.15) is 0 Å². The molecule has 0 N–H and O–H groups in total. The Morgan fingerprint density at radius 3 is 2.64 bits per heavy atom. The van der Waals surface area contributed by atoms with Gasteiger partial charge in [0.15, 0.2) is 0 Å². The summed E-state index contributed by atoms with van der Waals surface area (Å²) >= 11 is 0. The summed E-state index contributed by atoms with van der Waals surface area (Å²) in [6.45, 7) is 6.15. The number of carbonyl (C=O) groups is 2. The second kappa shape index (κ2) is 6.22. The summed E-state index contributed by atoms with van der Waals surface area (Å²) in [5, 5.41) is 0. The Balaban J connectivity index is 2.15. The number of anilines is 1. The molecule has 0 bridgehead atoms. The van der Waals surface area contributed by atoms with Gasteiger partial charge in [0.1, 0.15) is 5.60 Å². The Hall–Kier alpha value is -2.30. The van der Waals surface area contributed by atoms with Crippen molar-refractivity contribution in [1.82, 2.24) is 0 Å². The number of carbonyl (C=O) groups excluding carboxylic acids is 2. The predicted octanol–water partition coefficient (Wildman–Crippen LogP) is 3.17. The van der Waals surface area contributed by atoms with Gasteiger partial charge in [0.2, 0.25) is 0 Å². The lowest BCUT2D eigenvalue weighted by molar-refractivity contribution is -0.134. The third kappa shape index (κ3) is 3.87. The van der Waals surface area contributed by atoms with Gasteiger partial charge < -0.3 is 9.47 Å². The summed E-state index contributed by atoms with van der Waals surface area (Å²) in [7, 11) is 1.34. The van der Waals surface area contributed by atoms with Crippen LogP contribution in [-0.2, 0) is 20.7 Å². The van der Waals surface area contributed by atoms with E-state index in [1.165, 1.54) is 13.2 Å². The lowest BCUT2D eigenvalue weighted by Crippen LogP contribution is -2.35. The van der Waals surface area contributed by atoms with Crippen LogP contribution in [0.2, 0.25) is 0 Å². The molecule has 0 unspecified atom stereocenters. The highest BCUT2D eigenvalue weighted by Gasteiger charge is 2.28. The Morgan fingerprint density at radius 2 is 2.00 bits per heavy atom. The Kier molecular flexibility index (Phi) is 4.54. The van der Waals surface area contributed by atoms with Crippen LogP contribution in [0.15, 0.2) is 24.3 Å². The van der Waals surface area contributed by atoms with Crippen LogP contribution in [0.1, 0.15) is 31.9 Å². The van der Waals surface area contributed by atoms with E-state index < -0.39 is 11.6 Å². The maximum atomic E-state index is 12.2. The second-order valence-electron chi connectivity index (χ2n) is 6.13. The number of benzene rings is 1. The highest BCUT2D eigenvalue weighted by Crippen LogP contribution is 2.30. The van der Waals surface area contributed by atoms with Crippen LogP contribution in [0, 0.1) is 0 Å². The zero-order chi connectivity index (χ0) is 16.3. The fourth-order valence-electron chi connectivity index (χ4n) is 2.26. The minimum absolute atomic E-state index is 0.330. The first-order chi connectivity index (χ1) is 10.3. The topological polar surface area (TPSA) is 55.8 Å². The van der Waals surface area contributed by atoms with E-state index >= 15 is 0 Å². The molecule has 0 spiro atoms. The average molecular weight is 303 g/mol. The van der Waals surface area contributed by atoms with E-state index in [1.807, 2.05) is 39.0 Å². The third-order valence-electron chi connectivity index (χ3n) is 3.23. The zero-order valence-electron chi connectivity index (χ0n) is 13.4. The van der Waals surface area contributed by atoms with Crippen molar-refractivity contribution in [3.8, 4) is 0 Å². The smallest absolute Gasteiger partial charge is 0.414 e. The summed E-state index contributed by atoms with van der Waals surface area (Å²) in [6, 6.07) is 5.71. The first-order valence-corrected chi connectivity index (χ1v) is 7.19. The average Bonchev–Trinajstić information content (AvgIpc) is 2.86. The number of amides is 1. The van der Waals surface area contributed by atoms with Gasteiger partial charge in [-0.05, 0) is 56.5 Å². The molecule has 1 heterocycles. The van der Waals surface area contributed by atoms with E-state index in [9.17, 15) is 9.59 Å². The van der Waals surface area contributed by atoms with Gasteiger partial charge in [0.05, 0.1) is 12.8 Å². The summed E-state index contributed by atoms with van der Waals surface area (Å²) < 4.78 is 9.98. The molecule has 0 atom stereocenters. The van der Waals surface area contributed by atoms with E-state index in [0.717, 1.165) is 23.2 Å². The highest BCUT2D eigenvalue weighted by molar-refractivity contribution is 5.91. The van der Waals surface area contributed by atoms with E-state index in [4.69, 9.17) is 4.74 Å². The number of fused-ring (bicyclic) bond motifs is 1. The molecule has 5 heteroatoms. The van der Waals surface area contributed by atoms with E-state index in [1.54, 1.807) is 11.0 Å². The molecule has 1 aromatic carbocycles. The van der Waals surface area contributed by atoms with Crippen molar-refractivity contribution >= 4 is 23.8 Å². The van der Waals surface area contributed by atoms with Crippen LogP contribution in [0.25, 0.3) is 6.08 Å². The normalized spacial score (nSPS) is 14.1. The van der Waals surface area contributed by atoms with Crippen molar-refractivity contribution in [1.29, 1.82) is 0 Å². The molecule has 0 saturated heterocycles. The van der Waals surface area contributed by atoms with Gasteiger partial charge in [-0.25, -0.2) is 9.59 Å². The van der Waals surface area contributed by atoms with Crippen molar-refractivity contribution in [3.63, 3.8) is 0 Å². The zero-order valence-corrected chi connectivity index (χ0v) is 13.4. The molecular formula is C17H21NO4. The molecule has 0 saturated carbocycles. The van der Waals surface area contributed by atoms with Crippen molar-refractivity contribution in [2.45, 2.75) is 32.8 Å². The Morgan fingerprint density at radius 1 is 1.27 bits per heavy atom. The minimum atomic E-state index is -0.511. The first kappa shape index (κ1) is 16.1. The van der Waals surface area contributed by atoms with Gasteiger partial charge in [0.25, 0.3) is 0 Å². The molecule has 22 heavy (non-hydrogen) atoms. The molecule has 0 aliphatic carbocycles. The van der Waals surface area contributed by atoms with Gasteiger partial charge >= 0.3 is 12.1 Å². The fourth-order valence-corrected chi connectivity index (χ4v) is 2.26. The molecule has 1 aromatic rings. The maximum Gasteiger partial charge on any atom is 0.414 e. The molecule has 1 amide bonds. The number of nitrogens with zero attached hydrogens (tertiary/aromatic N) is 1. The van der Waals surface area contributed by atoms with Gasteiger partial charge in [-0.1, -0.05) is 6.07 Å². The standard InChI is InChI=1S/C17H21NO4/c1-17(2,3)22-16(20)18-10-9-13-11-12(5-7-14(13)18)6-8-15(19)21-4/h5-8,11H,9-10H2,1-4H3/b8-6+. The molecular weight excluding hydrogens is 282 g/mol. The van der Waals surface area contributed by atoms with Crippen molar-refractivity contribution in [3.05, 3.63) is 35.4 Å². The van der Waals surface area contributed by atoms with Crippen LogP contribution >= 0.6 is 0 Å². The van der Waals surface area contributed by atoms with Crippen molar-refractivity contribution in [2.24, 2.45) is 0 Å². The SMILES string of the molecule is COC(=O)/C=C/c1ccc2c(c1)CCN2C(=O)OC(C)(C)C. The van der Waals surface area contributed by atoms with Crippen LogP contribution in [0.3, 0.4) is 0 Å². The third-order valence-corrected chi connectivity index (χ3v) is 3.23. The minimum Gasteiger partial charge on any atom is -0.466 e. The lowest BCUT2D eigenvalue weighted by Gasteiger charge is -2.24. The summed E-state index contributed by atoms with van der Waals surface area (Å²) in [4.78, 5) is 25.0. The maximum absolute atomic E-state index is 12.2. The highest BCUT2D eigenvalue weighted by atomic mass is 16.6. The first-order valence-electron chi connectivity index (χ1n) is 7.19. The quantitative estimate of drug-likeness (QED) is 0.622. The summed E-state index contributed by atoms with van der Waals surface area (Å²) in [5.74, 6) is -0.393. The van der Waals surface area contributed by atoms with Crippen molar-refractivity contribution in [2.75, 3.05) is 18.6 Å². The molecule has 1 aliphatic heterocycles. The number of methoxy groups -OCH3 is 1. The molecule has 0 aromatic heterocycles. The molecule has 5 nitrogen and oxygen atoms in total. The van der Waals surface area contributed by atoms with E-state index in [0.29, 0.717) is 6.54 Å². The van der Waals surface area contributed by atoms with Crippen LogP contribution in [-0.4, -0.2) is 31.3 Å². The molecule has 118 valence electrons. The molecule has 0 fully saturated rings. The number of esters is 1.